The lowest BCUT2D eigenvalue weighted by molar-refractivity contribution is 0.611. The van der Waals surface area contributed by atoms with E-state index in [-0.39, 0.29) is 0 Å². The summed E-state index contributed by atoms with van der Waals surface area (Å²) in [6.07, 6.45) is 0. The van der Waals surface area contributed by atoms with Crippen molar-refractivity contribution in [2.75, 3.05) is 0 Å². The van der Waals surface area contributed by atoms with E-state index in [1.54, 1.807) is 0 Å². The van der Waals surface area contributed by atoms with E-state index in [2.05, 4.69) is 92.7 Å². The van der Waals surface area contributed by atoms with Crippen LogP contribution < -0.4 is 0 Å². The first kappa shape index (κ1) is 18.3. The van der Waals surface area contributed by atoms with Crippen molar-refractivity contribution in [1.82, 2.24) is 4.98 Å². The maximum atomic E-state index is 6.19. The van der Waals surface area contributed by atoms with Crippen molar-refractivity contribution in [3.8, 4) is 22.6 Å². The molecule has 2 heterocycles. The molecule has 2 aromatic heterocycles. The minimum Gasteiger partial charge on any atom is -0.436 e. The summed E-state index contributed by atoms with van der Waals surface area (Å²) in [5.74, 6) is 1.07. The normalized spacial score (nSPS) is 11.8. The number of para-hydroxylation sites is 1. The van der Waals surface area contributed by atoms with Crippen molar-refractivity contribution in [1.29, 1.82) is 0 Å². The van der Waals surface area contributed by atoms with Gasteiger partial charge in [-0.3, -0.25) is 0 Å². The van der Waals surface area contributed by atoms with E-state index in [1.165, 1.54) is 36.9 Å². The number of fused-ring (bicyclic) bond motifs is 4. The number of aromatic nitrogens is 1. The van der Waals surface area contributed by atoms with Crippen LogP contribution in [0.3, 0.4) is 0 Å². The molecule has 0 amide bonds. The lowest BCUT2D eigenvalue weighted by atomic mass is 10.0. The molecule has 31 heavy (non-hydrogen) atoms. The average molecular weight is 420 g/mol. The molecule has 0 N–H and O–H groups in total. The van der Waals surface area contributed by atoms with E-state index in [9.17, 15) is 0 Å². The number of rotatable bonds is 3. The SMILES string of the molecule is CC(C)c1cccc2nc(-c3ccc(-c4cccc5c4sc4ccccc45)cc3)oc12. The first-order valence-corrected chi connectivity index (χ1v) is 11.4. The Morgan fingerprint density at radius 1 is 0.742 bits per heavy atom. The summed E-state index contributed by atoms with van der Waals surface area (Å²) in [6, 6.07) is 30.0. The van der Waals surface area contributed by atoms with Gasteiger partial charge in [0, 0.05) is 25.7 Å². The quantitative estimate of drug-likeness (QED) is 0.287. The summed E-state index contributed by atoms with van der Waals surface area (Å²) in [4.78, 5) is 4.74. The van der Waals surface area contributed by atoms with Crippen molar-refractivity contribution in [2.24, 2.45) is 0 Å². The molecule has 3 heteroatoms. The van der Waals surface area contributed by atoms with Gasteiger partial charge in [0.2, 0.25) is 5.89 Å². The van der Waals surface area contributed by atoms with Crippen LogP contribution in [0.2, 0.25) is 0 Å². The van der Waals surface area contributed by atoms with E-state index in [0.717, 1.165) is 16.7 Å². The van der Waals surface area contributed by atoms with Crippen LogP contribution in [-0.2, 0) is 0 Å². The Bertz CT molecular complexity index is 1550. The van der Waals surface area contributed by atoms with Crippen LogP contribution in [0.15, 0.2) is 89.3 Å². The Morgan fingerprint density at radius 2 is 1.48 bits per heavy atom. The summed E-state index contributed by atoms with van der Waals surface area (Å²) in [6.45, 7) is 4.36. The zero-order valence-corrected chi connectivity index (χ0v) is 18.2. The zero-order chi connectivity index (χ0) is 20.9. The standard InChI is InChI=1S/C28H21NOS/c1-17(2)20-8-6-11-24-26(20)30-28(29-24)19-15-13-18(14-16-19)21-9-5-10-23-22-7-3-4-12-25(22)31-27(21)23/h3-17H,1-2H3. The van der Waals surface area contributed by atoms with E-state index >= 15 is 0 Å². The van der Waals surface area contributed by atoms with Crippen LogP contribution in [0, 0.1) is 0 Å². The van der Waals surface area contributed by atoms with Gasteiger partial charge in [0.15, 0.2) is 5.58 Å². The molecule has 6 rings (SSSR count). The molecule has 0 unspecified atom stereocenters. The molecule has 0 aliphatic rings. The number of hydrogen-bond donors (Lipinski definition) is 0. The van der Waals surface area contributed by atoms with Crippen LogP contribution in [0.4, 0.5) is 0 Å². The minimum atomic E-state index is 0.397. The largest absolute Gasteiger partial charge is 0.436 e. The average Bonchev–Trinajstić information content (AvgIpc) is 3.40. The highest BCUT2D eigenvalue weighted by Gasteiger charge is 2.14. The van der Waals surface area contributed by atoms with Crippen molar-refractivity contribution >= 4 is 42.6 Å². The predicted octanol–water partition coefficient (Wildman–Crippen LogP) is 8.65. The first-order valence-electron chi connectivity index (χ1n) is 10.6. The van der Waals surface area contributed by atoms with Gasteiger partial charge in [0.1, 0.15) is 5.52 Å². The smallest absolute Gasteiger partial charge is 0.227 e. The van der Waals surface area contributed by atoms with Crippen molar-refractivity contribution in [3.05, 3.63) is 90.5 Å². The van der Waals surface area contributed by atoms with Crippen LogP contribution in [-0.4, -0.2) is 4.98 Å². The summed E-state index contributed by atoms with van der Waals surface area (Å²) < 4.78 is 8.85. The maximum Gasteiger partial charge on any atom is 0.227 e. The molecule has 4 aromatic carbocycles. The second-order valence-electron chi connectivity index (χ2n) is 8.23. The monoisotopic (exact) mass is 419 g/mol. The van der Waals surface area contributed by atoms with Gasteiger partial charge in [-0.25, -0.2) is 4.98 Å². The van der Waals surface area contributed by atoms with Crippen molar-refractivity contribution < 1.29 is 4.42 Å². The third kappa shape index (κ3) is 2.96. The summed E-state index contributed by atoms with van der Waals surface area (Å²) in [5.41, 5.74) is 6.49. The molecule has 0 bridgehead atoms. The van der Waals surface area contributed by atoms with Gasteiger partial charge in [-0.1, -0.05) is 74.5 Å². The molecule has 0 fully saturated rings. The zero-order valence-electron chi connectivity index (χ0n) is 17.4. The van der Waals surface area contributed by atoms with Gasteiger partial charge in [-0.15, -0.1) is 11.3 Å². The molecule has 2 nitrogen and oxygen atoms in total. The molecule has 0 aliphatic carbocycles. The molecular formula is C28H21NOS. The molecule has 150 valence electrons. The molecule has 0 saturated heterocycles. The summed E-state index contributed by atoms with van der Waals surface area (Å²) in [5, 5.41) is 2.65. The Hall–Kier alpha value is -3.43. The predicted molar refractivity (Wildman–Crippen MR) is 132 cm³/mol. The second kappa shape index (κ2) is 7.07. The molecular weight excluding hydrogens is 398 g/mol. The Balaban J connectivity index is 1.44. The van der Waals surface area contributed by atoms with Crippen LogP contribution >= 0.6 is 11.3 Å². The summed E-state index contributed by atoms with van der Waals surface area (Å²) in [7, 11) is 0. The van der Waals surface area contributed by atoms with Gasteiger partial charge in [0.05, 0.1) is 0 Å². The lowest BCUT2D eigenvalue weighted by Gasteiger charge is -2.05. The van der Waals surface area contributed by atoms with E-state index < -0.39 is 0 Å². The molecule has 0 atom stereocenters. The van der Waals surface area contributed by atoms with Crippen LogP contribution in [0.5, 0.6) is 0 Å². The highest BCUT2D eigenvalue weighted by Crippen LogP contribution is 2.40. The Kier molecular flexibility index (Phi) is 4.18. The number of oxazole rings is 1. The third-order valence-electron chi connectivity index (χ3n) is 5.91. The van der Waals surface area contributed by atoms with Crippen molar-refractivity contribution in [2.45, 2.75) is 19.8 Å². The van der Waals surface area contributed by atoms with Gasteiger partial charge >= 0.3 is 0 Å². The summed E-state index contributed by atoms with van der Waals surface area (Å²) >= 11 is 1.86. The van der Waals surface area contributed by atoms with Gasteiger partial charge in [-0.05, 0) is 46.9 Å². The topological polar surface area (TPSA) is 26.0 Å². The van der Waals surface area contributed by atoms with Gasteiger partial charge in [-0.2, -0.15) is 0 Å². The minimum absolute atomic E-state index is 0.397. The Morgan fingerprint density at radius 3 is 2.32 bits per heavy atom. The van der Waals surface area contributed by atoms with Crippen LogP contribution in [0.25, 0.3) is 53.9 Å². The fraction of sp³-hybridized carbons (Fsp3) is 0.107. The number of hydrogen-bond acceptors (Lipinski definition) is 3. The highest BCUT2D eigenvalue weighted by molar-refractivity contribution is 7.26. The van der Waals surface area contributed by atoms with E-state index in [4.69, 9.17) is 9.40 Å². The maximum absolute atomic E-state index is 6.19. The van der Waals surface area contributed by atoms with E-state index in [1.807, 2.05) is 17.4 Å². The van der Waals surface area contributed by atoms with Gasteiger partial charge < -0.3 is 4.42 Å². The van der Waals surface area contributed by atoms with E-state index in [0.29, 0.717) is 11.8 Å². The van der Waals surface area contributed by atoms with Gasteiger partial charge in [0.25, 0.3) is 0 Å². The first-order chi connectivity index (χ1) is 15.2. The molecule has 0 aliphatic heterocycles. The second-order valence-corrected chi connectivity index (χ2v) is 9.28. The van der Waals surface area contributed by atoms with Crippen molar-refractivity contribution in [3.63, 3.8) is 0 Å². The third-order valence-corrected chi connectivity index (χ3v) is 7.13. The molecule has 6 aromatic rings. The molecule has 0 saturated carbocycles. The highest BCUT2D eigenvalue weighted by atomic mass is 32.1. The Labute approximate surface area is 184 Å². The molecule has 0 spiro atoms. The fourth-order valence-corrected chi connectivity index (χ4v) is 5.55. The van der Waals surface area contributed by atoms with Crippen LogP contribution in [0.1, 0.15) is 25.3 Å². The number of nitrogens with zero attached hydrogens (tertiary/aromatic N) is 1. The lowest BCUT2D eigenvalue weighted by Crippen LogP contribution is -1.86. The number of thiophene rings is 1. The fourth-order valence-electron chi connectivity index (χ4n) is 4.32. The number of benzene rings is 4. The molecule has 0 radical (unpaired) electrons.